The summed E-state index contributed by atoms with van der Waals surface area (Å²) in [4.78, 5) is 25.6. The van der Waals surface area contributed by atoms with Crippen LogP contribution in [0.2, 0.25) is 0 Å². The molecule has 0 heterocycles. The first-order valence-corrected chi connectivity index (χ1v) is 29.4. The third-order valence-electron chi connectivity index (χ3n) is 12.3. The van der Waals surface area contributed by atoms with Gasteiger partial charge in [-0.2, -0.15) is 0 Å². The largest absolute Gasteiger partial charge is 0.462 e. The Labute approximate surface area is 434 Å². The van der Waals surface area contributed by atoms with Crippen LogP contribution in [0, 0.1) is 0 Å². The highest BCUT2D eigenvalue weighted by Gasteiger charge is 2.17. The zero-order valence-electron chi connectivity index (χ0n) is 46.0. The summed E-state index contributed by atoms with van der Waals surface area (Å²) >= 11 is 0. The fraction of sp³-hybridized carbons (Fsp3) is 0.692. The van der Waals surface area contributed by atoms with Gasteiger partial charge in [-0.15, -0.1) is 0 Å². The average molecular weight is 972 g/mol. The van der Waals surface area contributed by atoms with E-state index in [1.54, 1.807) is 0 Å². The summed E-state index contributed by atoms with van der Waals surface area (Å²) in [5.41, 5.74) is 0. The lowest BCUT2D eigenvalue weighted by molar-refractivity contribution is -0.163. The van der Waals surface area contributed by atoms with Crippen molar-refractivity contribution in [2.24, 2.45) is 0 Å². The molecule has 1 atom stereocenters. The van der Waals surface area contributed by atoms with Crippen LogP contribution in [0.25, 0.3) is 0 Å². The van der Waals surface area contributed by atoms with E-state index in [0.717, 1.165) is 116 Å². The van der Waals surface area contributed by atoms with Crippen LogP contribution in [-0.4, -0.2) is 37.9 Å². The molecule has 0 aromatic heterocycles. The van der Waals surface area contributed by atoms with Gasteiger partial charge in [0.05, 0.1) is 6.61 Å². The molecule has 0 spiro atoms. The highest BCUT2D eigenvalue weighted by atomic mass is 16.6. The van der Waals surface area contributed by atoms with Gasteiger partial charge in [0.15, 0.2) is 6.10 Å². The first-order valence-electron chi connectivity index (χ1n) is 29.4. The Hall–Kier alpha value is -3.44. The van der Waals surface area contributed by atoms with Crippen LogP contribution < -0.4 is 0 Å². The molecular weight excluding hydrogens is 861 g/mol. The van der Waals surface area contributed by atoms with Crippen LogP contribution in [0.3, 0.4) is 0 Å². The number of allylic oxidation sites excluding steroid dienone is 18. The molecule has 0 aromatic carbocycles. The molecule has 0 saturated carbocycles. The molecule has 0 radical (unpaired) electrons. The molecule has 0 saturated heterocycles. The number of esters is 2. The van der Waals surface area contributed by atoms with E-state index in [4.69, 9.17) is 14.2 Å². The van der Waals surface area contributed by atoms with Crippen molar-refractivity contribution in [2.45, 2.75) is 271 Å². The highest BCUT2D eigenvalue weighted by molar-refractivity contribution is 5.70. The van der Waals surface area contributed by atoms with E-state index in [1.165, 1.54) is 116 Å². The van der Waals surface area contributed by atoms with Gasteiger partial charge in [-0.05, 0) is 122 Å². The third kappa shape index (κ3) is 57.1. The molecule has 0 amide bonds. The molecule has 5 heteroatoms. The molecule has 5 nitrogen and oxygen atoms in total. The van der Waals surface area contributed by atoms with Gasteiger partial charge in [0.2, 0.25) is 0 Å². The van der Waals surface area contributed by atoms with Gasteiger partial charge in [-0.25, -0.2) is 0 Å². The molecule has 70 heavy (non-hydrogen) atoms. The first-order chi connectivity index (χ1) is 34.6. The molecule has 0 bridgehead atoms. The smallest absolute Gasteiger partial charge is 0.306 e. The van der Waals surface area contributed by atoms with Crippen LogP contribution in [0.15, 0.2) is 109 Å². The van der Waals surface area contributed by atoms with Crippen LogP contribution in [0.5, 0.6) is 0 Å². The SMILES string of the molecule is CC/C=C\C/C=C\C/C=C\C/C=C\C/C=C\CCCCCC(=O)OCC(COCCCCCCCC/C=C\C/C=C\C/C=C\CC)OC(=O)CCCCCCCCCCC/C=C\CCCCCCCC. The molecule has 0 rings (SSSR count). The second-order valence-electron chi connectivity index (χ2n) is 19.1. The van der Waals surface area contributed by atoms with Crippen LogP contribution >= 0.6 is 0 Å². The number of hydrogen-bond donors (Lipinski definition) is 0. The summed E-state index contributed by atoms with van der Waals surface area (Å²) in [6.45, 7) is 7.55. The summed E-state index contributed by atoms with van der Waals surface area (Å²) in [6, 6.07) is 0. The Morgan fingerprint density at radius 2 is 0.643 bits per heavy atom. The zero-order chi connectivity index (χ0) is 50.6. The predicted octanol–water partition coefficient (Wildman–Crippen LogP) is 20.3. The molecule has 0 aliphatic heterocycles. The maximum absolute atomic E-state index is 12.9. The molecule has 0 aliphatic rings. The Kier molecular flexibility index (Phi) is 56.9. The molecule has 0 N–H and O–H groups in total. The van der Waals surface area contributed by atoms with Crippen molar-refractivity contribution in [1.82, 2.24) is 0 Å². The zero-order valence-corrected chi connectivity index (χ0v) is 46.0. The van der Waals surface area contributed by atoms with Crippen molar-refractivity contribution in [1.29, 1.82) is 0 Å². The lowest BCUT2D eigenvalue weighted by atomic mass is 10.1. The Morgan fingerprint density at radius 3 is 1.06 bits per heavy atom. The average Bonchev–Trinajstić information content (AvgIpc) is 3.36. The van der Waals surface area contributed by atoms with Crippen molar-refractivity contribution in [3.05, 3.63) is 109 Å². The minimum Gasteiger partial charge on any atom is -0.462 e. The summed E-state index contributed by atoms with van der Waals surface area (Å²) in [6.07, 6.45) is 82.5. The van der Waals surface area contributed by atoms with E-state index in [2.05, 4.69) is 130 Å². The number of rotatable bonds is 53. The summed E-state index contributed by atoms with van der Waals surface area (Å²) < 4.78 is 17.5. The Bertz CT molecular complexity index is 1380. The van der Waals surface area contributed by atoms with Crippen LogP contribution in [0.4, 0.5) is 0 Å². The number of carbonyl (C=O) groups excluding carboxylic acids is 2. The lowest BCUT2D eigenvalue weighted by Gasteiger charge is -2.18. The highest BCUT2D eigenvalue weighted by Crippen LogP contribution is 2.14. The molecule has 0 aliphatic carbocycles. The van der Waals surface area contributed by atoms with E-state index in [1.807, 2.05) is 0 Å². The first kappa shape index (κ1) is 66.6. The van der Waals surface area contributed by atoms with E-state index in [-0.39, 0.29) is 25.2 Å². The number of hydrogen-bond acceptors (Lipinski definition) is 5. The van der Waals surface area contributed by atoms with Crippen molar-refractivity contribution in [3.63, 3.8) is 0 Å². The standard InChI is InChI=1S/C65H110O5/c1-4-7-10-13-16-19-22-25-28-31-33-35-37-40-43-46-49-52-55-58-64(66)69-62-63(61-68-60-57-54-51-48-45-42-39-30-27-24-21-18-15-12-9-6-3)70-65(67)59-56-53-50-47-44-41-38-36-34-32-29-26-23-20-17-14-11-8-5-2/h7,9-10,12,16,18-19,21,25-30,33,35,40,43,63H,4-6,8,11,13-15,17,20,22-24,31-32,34,36-39,41-42,44-62H2,1-3H3/b10-7-,12-9-,19-16-,21-18-,28-25-,29-26-,30-27-,35-33-,43-40-. The molecule has 1 unspecified atom stereocenters. The van der Waals surface area contributed by atoms with E-state index >= 15 is 0 Å². The van der Waals surface area contributed by atoms with Gasteiger partial charge < -0.3 is 14.2 Å². The molecule has 400 valence electrons. The Morgan fingerprint density at radius 1 is 0.329 bits per heavy atom. The van der Waals surface area contributed by atoms with Gasteiger partial charge in [-0.1, -0.05) is 239 Å². The topological polar surface area (TPSA) is 61.8 Å². The van der Waals surface area contributed by atoms with E-state index in [0.29, 0.717) is 19.4 Å². The second-order valence-corrected chi connectivity index (χ2v) is 19.1. The second kappa shape index (κ2) is 59.9. The molecular formula is C65H110O5. The van der Waals surface area contributed by atoms with Crippen molar-refractivity contribution in [3.8, 4) is 0 Å². The predicted molar refractivity (Wildman–Crippen MR) is 306 cm³/mol. The van der Waals surface area contributed by atoms with Gasteiger partial charge in [-0.3, -0.25) is 9.59 Å². The minimum absolute atomic E-state index is 0.0567. The number of ether oxygens (including phenoxy) is 3. The molecule has 0 aromatic rings. The summed E-state index contributed by atoms with van der Waals surface area (Å²) in [7, 11) is 0. The third-order valence-corrected chi connectivity index (χ3v) is 12.3. The fourth-order valence-corrected chi connectivity index (χ4v) is 7.96. The van der Waals surface area contributed by atoms with Crippen LogP contribution in [-0.2, 0) is 23.8 Å². The van der Waals surface area contributed by atoms with Gasteiger partial charge >= 0.3 is 11.9 Å². The quantitative estimate of drug-likeness (QED) is 0.0345. The monoisotopic (exact) mass is 971 g/mol. The van der Waals surface area contributed by atoms with Crippen molar-refractivity contribution >= 4 is 11.9 Å². The fourth-order valence-electron chi connectivity index (χ4n) is 7.96. The van der Waals surface area contributed by atoms with Gasteiger partial charge in [0, 0.05) is 19.4 Å². The maximum Gasteiger partial charge on any atom is 0.306 e. The minimum atomic E-state index is -0.566. The normalized spacial score (nSPS) is 13.0. The van der Waals surface area contributed by atoms with Crippen molar-refractivity contribution < 1.29 is 23.8 Å². The van der Waals surface area contributed by atoms with Gasteiger partial charge in [0.1, 0.15) is 6.61 Å². The van der Waals surface area contributed by atoms with Gasteiger partial charge in [0.25, 0.3) is 0 Å². The Balaban J connectivity index is 4.37. The van der Waals surface area contributed by atoms with E-state index in [9.17, 15) is 9.59 Å². The maximum atomic E-state index is 12.9. The van der Waals surface area contributed by atoms with Crippen LogP contribution in [0.1, 0.15) is 265 Å². The summed E-state index contributed by atoms with van der Waals surface area (Å²) in [5.74, 6) is -0.443. The number of carbonyl (C=O) groups is 2. The molecule has 0 fully saturated rings. The summed E-state index contributed by atoms with van der Waals surface area (Å²) in [5, 5.41) is 0. The number of unbranched alkanes of at least 4 members (excludes halogenated alkanes) is 24. The van der Waals surface area contributed by atoms with Crippen molar-refractivity contribution in [2.75, 3.05) is 19.8 Å². The lowest BCUT2D eigenvalue weighted by Crippen LogP contribution is -2.30. The van der Waals surface area contributed by atoms with E-state index < -0.39 is 6.10 Å².